The van der Waals surface area contributed by atoms with Crippen LogP contribution in [-0.2, 0) is 6.42 Å². The highest BCUT2D eigenvalue weighted by atomic mass is 35.5. The lowest BCUT2D eigenvalue weighted by atomic mass is 10.1. The van der Waals surface area contributed by atoms with Crippen LogP contribution in [0.2, 0.25) is 5.15 Å². The number of rotatable bonds is 2. The molecule has 0 amide bonds. The van der Waals surface area contributed by atoms with Gasteiger partial charge in [0.2, 0.25) is 0 Å². The summed E-state index contributed by atoms with van der Waals surface area (Å²) < 4.78 is 15.2. The highest BCUT2D eigenvalue weighted by molar-refractivity contribution is 6.29. The Labute approximate surface area is 107 Å². The Kier molecular flexibility index (Phi) is 2.68. The molecule has 0 fully saturated rings. The zero-order valence-electron chi connectivity index (χ0n) is 9.22. The van der Waals surface area contributed by atoms with Crippen LogP contribution in [0.25, 0.3) is 5.65 Å². The standard InChI is InChI=1S/C12H8ClFN4/c13-10-6-12-17-16-11(18(12)7-15-10)5-8-3-1-2-4-9(8)14/h1-4,6-7H,5H2. The van der Waals surface area contributed by atoms with E-state index in [9.17, 15) is 4.39 Å². The number of aromatic nitrogens is 4. The molecule has 90 valence electrons. The third-order valence-corrected chi connectivity index (χ3v) is 2.85. The van der Waals surface area contributed by atoms with Crippen LogP contribution in [0, 0.1) is 5.82 Å². The molecule has 6 heteroatoms. The van der Waals surface area contributed by atoms with E-state index in [4.69, 9.17) is 11.6 Å². The van der Waals surface area contributed by atoms with E-state index in [1.54, 1.807) is 28.7 Å². The maximum absolute atomic E-state index is 13.6. The summed E-state index contributed by atoms with van der Waals surface area (Å²) in [7, 11) is 0. The van der Waals surface area contributed by atoms with Gasteiger partial charge in [0.05, 0.1) is 0 Å². The van der Waals surface area contributed by atoms with Gasteiger partial charge in [-0.1, -0.05) is 29.8 Å². The quantitative estimate of drug-likeness (QED) is 0.667. The average Bonchev–Trinajstić information content (AvgIpc) is 2.74. The molecule has 0 saturated heterocycles. The van der Waals surface area contributed by atoms with E-state index < -0.39 is 0 Å². The van der Waals surface area contributed by atoms with Gasteiger partial charge in [-0.15, -0.1) is 10.2 Å². The van der Waals surface area contributed by atoms with Gasteiger partial charge >= 0.3 is 0 Å². The van der Waals surface area contributed by atoms with Crippen LogP contribution in [0.5, 0.6) is 0 Å². The van der Waals surface area contributed by atoms with Crippen molar-refractivity contribution >= 4 is 17.2 Å². The molecule has 0 radical (unpaired) electrons. The molecule has 3 aromatic rings. The number of halogens is 2. The van der Waals surface area contributed by atoms with Gasteiger partial charge in [-0.05, 0) is 11.6 Å². The summed E-state index contributed by atoms with van der Waals surface area (Å²) in [6, 6.07) is 8.20. The molecule has 0 aliphatic heterocycles. The largest absolute Gasteiger partial charge is 0.269 e. The molecule has 0 saturated carbocycles. The molecule has 4 nitrogen and oxygen atoms in total. The molecule has 0 N–H and O–H groups in total. The Hall–Kier alpha value is -2.01. The van der Waals surface area contributed by atoms with Crippen LogP contribution >= 0.6 is 11.6 Å². The molecule has 0 unspecified atom stereocenters. The summed E-state index contributed by atoms with van der Waals surface area (Å²) in [6.45, 7) is 0. The van der Waals surface area contributed by atoms with Crippen molar-refractivity contribution in [2.24, 2.45) is 0 Å². The third-order valence-electron chi connectivity index (χ3n) is 2.64. The molecule has 0 aliphatic carbocycles. The second-order valence-corrected chi connectivity index (χ2v) is 4.21. The molecule has 2 heterocycles. The van der Waals surface area contributed by atoms with Crippen LogP contribution in [-0.4, -0.2) is 19.6 Å². The summed E-state index contributed by atoms with van der Waals surface area (Å²) in [5.74, 6) is 0.371. The first-order chi connectivity index (χ1) is 8.74. The molecule has 0 aliphatic rings. The Morgan fingerprint density at radius 1 is 1.22 bits per heavy atom. The lowest BCUT2D eigenvalue weighted by Crippen LogP contribution is -1.99. The minimum Gasteiger partial charge on any atom is -0.269 e. The first kappa shape index (κ1) is 11.1. The maximum atomic E-state index is 13.6. The molecular weight excluding hydrogens is 255 g/mol. The van der Waals surface area contributed by atoms with Crippen molar-refractivity contribution in [3.8, 4) is 0 Å². The topological polar surface area (TPSA) is 43.1 Å². The van der Waals surface area contributed by atoms with Gasteiger partial charge < -0.3 is 0 Å². The van der Waals surface area contributed by atoms with Crippen molar-refractivity contribution < 1.29 is 4.39 Å². The summed E-state index contributed by atoms with van der Waals surface area (Å²) in [6.07, 6.45) is 1.89. The highest BCUT2D eigenvalue weighted by Gasteiger charge is 2.09. The third kappa shape index (κ3) is 1.93. The van der Waals surface area contributed by atoms with Crippen LogP contribution < -0.4 is 0 Å². The lowest BCUT2D eigenvalue weighted by molar-refractivity contribution is 0.611. The molecule has 18 heavy (non-hydrogen) atoms. The average molecular weight is 263 g/mol. The van der Waals surface area contributed by atoms with E-state index in [0.29, 0.717) is 28.6 Å². The van der Waals surface area contributed by atoms with Crippen LogP contribution in [0.1, 0.15) is 11.4 Å². The fourth-order valence-electron chi connectivity index (χ4n) is 1.75. The van der Waals surface area contributed by atoms with Gasteiger partial charge in [0.15, 0.2) is 5.65 Å². The van der Waals surface area contributed by atoms with E-state index in [1.165, 1.54) is 12.4 Å². The molecule has 0 atom stereocenters. The summed E-state index contributed by atoms with van der Waals surface area (Å²) in [4.78, 5) is 3.96. The summed E-state index contributed by atoms with van der Waals surface area (Å²) in [5.41, 5.74) is 1.17. The van der Waals surface area contributed by atoms with E-state index in [2.05, 4.69) is 15.2 Å². The zero-order chi connectivity index (χ0) is 12.5. The summed E-state index contributed by atoms with van der Waals surface area (Å²) in [5, 5.41) is 8.35. The van der Waals surface area contributed by atoms with Crippen molar-refractivity contribution in [2.45, 2.75) is 6.42 Å². The first-order valence-corrected chi connectivity index (χ1v) is 5.70. The van der Waals surface area contributed by atoms with Crippen molar-refractivity contribution in [1.82, 2.24) is 19.6 Å². The number of benzene rings is 1. The molecule has 3 rings (SSSR count). The van der Waals surface area contributed by atoms with Gasteiger partial charge in [-0.25, -0.2) is 9.37 Å². The fourth-order valence-corrected chi connectivity index (χ4v) is 1.89. The van der Waals surface area contributed by atoms with Crippen molar-refractivity contribution in [3.05, 3.63) is 59.0 Å². The Balaban J connectivity index is 2.03. The van der Waals surface area contributed by atoms with Gasteiger partial charge in [0.25, 0.3) is 0 Å². The minimum atomic E-state index is -0.254. The Bertz CT molecular complexity index is 710. The second-order valence-electron chi connectivity index (χ2n) is 3.82. The molecule has 1 aromatic carbocycles. The van der Waals surface area contributed by atoms with Gasteiger partial charge in [-0.3, -0.25) is 4.40 Å². The van der Waals surface area contributed by atoms with Gasteiger partial charge in [-0.2, -0.15) is 0 Å². The van der Waals surface area contributed by atoms with E-state index in [1.807, 2.05) is 0 Å². The first-order valence-electron chi connectivity index (χ1n) is 5.32. The van der Waals surface area contributed by atoms with Gasteiger partial charge in [0.1, 0.15) is 23.1 Å². The number of hydrogen-bond acceptors (Lipinski definition) is 3. The maximum Gasteiger partial charge on any atom is 0.165 e. The molecule has 2 aromatic heterocycles. The van der Waals surface area contributed by atoms with Crippen LogP contribution in [0.3, 0.4) is 0 Å². The molecule has 0 spiro atoms. The predicted molar refractivity (Wildman–Crippen MR) is 65.0 cm³/mol. The van der Waals surface area contributed by atoms with E-state index in [0.717, 1.165) is 0 Å². The predicted octanol–water partition coefficient (Wildman–Crippen LogP) is 2.51. The molecule has 0 bridgehead atoms. The molecular formula is C12H8ClFN4. The second kappa shape index (κ2) is 4.34. The number of hydrogen-bond donors (Lipinski definition) is 0. The SMILES string of the molecule is Fc1ccccc1Cc1nnc2cc(Cl)ncn12. The Morgan fingerprint density at radius 3 is 2.89 bits per heavy atom. The summed E-state index contributed by atoms with van der Waals surface area (Å²) >= 11 is 5.76. The van der Waals surface area contributed by atoms with Crippen molar-refractivity contribution in [2.75, 3.05) is 0 Å². The minimum absolute atomic E-state index is 0.254. The van der Waals surface area contributed by atoms with Crippen LogP contribution in [0.15, 0.2) is 36.7 Å². The number of nitrogens with zero attached hydrogens (tertiary/aromatic N) is 4. The fraction of sp³-hybridized carbons (Fsp3) is 0.0833. The van der Waals surface area contributed by atoms with Crippen LogP contribution in [0.4, 0.5) is 4.39 Å². The van der Waals surface area contributed by atoms with Gasteiger partial charge in [0, 0.05) is 12.5 Å². The van der Waals surface area contributed by atoms with E-state index >= 15 is 0 Å². The monoisotopic (exact) mass is 262 g/mol. The highest BCUT2D eigenvalue weighted by Crippen LogP contribution is 2.14. The zero-order valence-corrected chi connectivity index (χ0v) is 9.97. The Morgan fingerprint density at radius 2 is 2.06 bits per heavy atom. The smallest absolute Gasteiger partial charge is 0.165 e. The van der Waals surface area contributed by atoms with Crippen molar-refractivity contribution in [1.29, 1.82) is 0 Å². The number of fused-ring (bicyclic) bond motifs is 1. The van der Waals surface area contributed by atoms with Crippen molar-refractivity contribution in [3.63, 3.8) is 0 Å². The van der Waals surface area contributed by atoms with E-state index in [-0.39, 0.29) is 5.82 Å². The normalized spacial score (nSPS) is 11.0. The lowest BCUT2D eigenvalue weighted by Gasteiger charge is -2.01.